The highest BCUT2D eigenvalue weighted by molar-refractivity contribution is 6.30. The Kier molecular flexibility index (Phi) is 4.98. The molecule has 5 heteroatoms. The van der Waals surface area contributed by atoms with Crippen LogP contribution in [0.2, 0.25) is 5.02 Å². The van der Waals surface area contributed by atoms with E-state index in [-0.39, 0.29) is 11.4 Å². The van der Waals surface area contributed by atoms with Gasteiger partial charge in [-0.05, 0) is 92.3 Å². The zero-order valence-corrected chi connectivity index (χ0v) is 18.8. The van der Waals surface area contributed by atoms with Crippen molar-refractivity contribution in [1.29, 1.82) is 0 Å². The molecule has 2 heterocycles. The second-order valence-electron chi connectivity index (χ2n) is 9.32. The second-order valence-corrected chi connectivity index (χ2v) is 9.76. The number of ether oxygens (including phenoxy) is 2. The fourth-order valence-corrected chi connectivity index (χ4v) is 5.90. The lowest BCUT2D eigenvalue weighted by Crippen LogP contribution is -2.46. The zero-order valence-electron chi connectivity index (χ0n) is 18.0. The Morgan fingerprint density at radius 3 is 2.29 bits per heavy atom. The van der Waals surface area contributed by atoms with Crippen molar-refractivity contribution in [3.8, 4) is 11.1 Å². The Hall–Kier alpha value is -2.17. The van der Waals surface area contributed by atoms with Crippen LogP contribution in [0.15, 0.2) is 36.4 Å². The molecule has 31 heavy (non-hydrogen) atoms. The summed E-state index contributed by atoms with van der Waals surface area (Å²) in [5.74, 6) is -1.34. The molecule has 2 aromatic carbocycles. The Morgan fingerprint density at radius 2 is 1.65 bits per heavy atom. The fourth-order valence-electron chi connectivity index (χ4n) is 5.78. The first-order valence-electron chi connectivity index (χ1n) is 11.1. The number of esters is 1. The molecule has 4 nitrogen and oxygen atoms in total. The monoisotopic (exact) mass is 438 g/mol. The number of carbonyl (C=O) groups excluding carboxylic acids is 2. The van der Waals surface area contributed by atoms with E-state index in [4.69, 9.17) is 21.1 Å². The topological polar surface area (TPSA) is 52.6 Å². The van der Waals surface area contributed by atoms with Gasteiger partial charge in [0, 0.05) is 11.6 Å². The quantitative estimate of drug-likeness (QED) is 0.446. The molecular formula is C26H27ClO4. The van der Waals surface area contributed by atoms with Crippen molar-refractivity contribution in [2.24, 2.45) is 0 Å². The van der Waals surface area contributed by atoms with Gasteiger partial charge in [-0.3, -0.25) is 9.59 Å². The van der Waals surface area contributed by atoms with Crippen LogP contribution >= 0.6 is 11.6 Å². The molecule has 0 aromatic heterocycles. The molecule has 1 unspecified atom stereocenters. The summed E-state index contributed by atoms with van der Waals surface area (Å²) < 4.78 is 11.9. The van der Waals surface area contributed by atoms with E-state index in [9.17, 15) is 9.59 Å². The summed E-state index contributed by atoms with van der Waals surface area (Å²) in [6.45, 7) is 4.74. The van der Waals surface area contributed by atoms with Gasteiger partial charge in [0.15, 0.2) is 11.4 Å². The molecule has 2 saturated heterocycles. The summed E-state index contributed by atoms with van der Waals surface area (Å²) in [5.41, 5.74) is 3.58. The minimum Gasteiger partial charge on any atom is -0.450 e. The second kappa shape index (κ2) is 7.46. The van der Waals surface area contributed by atoms with E-state index in [2.05, 4.69) is 0 Å². The first-order chi connectivity index (χ1) is 14.8. The maximum Gasteiger partial charge on any atom is 0.322 e. The lowest BCUT2D eigenvalue weighted by Gasteiger charge is -2.40. The van der Waals surface area contributed by atoms with Crippen LogP contribution in [0.3, 0.4) is 0 Å². The third kappa shape index (κ3) is 3.32. The average Bonchev–Trinajstić information content (AvgIpc) is 3.30. The highest BCUT2D eigenvalue weighted by atomic mass is 35.5. The molecule has 0 radical (unpaired) electrons. The molecule has 3 fully saturated rings. The van der Waals surface area contributed by atoms with E-state index in [1.807, 2.05) is 50.2 Å². The van der Waals surface area contributed by atoms with Crippen LogP contribution in [0.1, 0.15) is 61.1 Å². The standard InChI is InChI=1S/C26H27ClO4/c1-16-4-9-20(18-5-7-19(27)8-6-18)17(2)21(16)22-23(28)26(31-24(22)29)13-11-25(12-14-26)10-3-15-30-25/h4-9,22H,3,10-15H2,1-2H3. The number of Topliss-reactive ketones (excluding diaryl/α,β-unsaturated/α-hetero) is 1. The predicted molar refractivity (Wildman–Crippen MR) is 119 cm³/mol. The van der Waals surface area contributed by atoms with E-state index in [1.54, 1.807) is 0 Å². The van der Waals surface area contributed by atoms with Crippen LogP contribution in [-0.2, 0) is 19.1 Å². The van der Waals surface area contributed by atoms with E-state index in [0.717, 1.165) is 60.1 Å². The summed E-state index contributed by atoms with van der Waals surface area (Å²) in [5, 5.41) is 0.673. The number of aryl methyl sites for hydroxylation is 1. The van der Waals surface area contributed by atoms with Crippen molar-refractivity contribution in [2.75, 3.05) is 6.61 Å². The zero-order chi connectivity index (χ0) is 21.8. The van der Waals surface area contributed by atoms with E-state index < -0.39 is 17.5 Å². The molecule has 1 atom stereocenters. The van der Waals surface area contributed by atoms with Gasteiger partial charge in [-0.25, -0.2) is 0 Å². The van der Waals surface area contributed by atoms with Crippen molar-refractivity contribution < 1.29 is 19.1 Å². The molecule has 0 N–H and O–H groups in total. The summed E-state index contributed by atoms with van der Waals surface area (Å²) in [4.78, 5) is 26.8. The third-order valence-corrected chi connectivity index (χ3v) is 7.83. The molecule has 2 spiro atoms. The molecule has 1 saturated carbocycles. The van der Waals surface area contributed by atoms with Crippen molar-refractivity contribution >= 4 is 23.4 Å². The first-order valence-corrected chi connectivity index (χ1v) is 11.5. The molecule has 5 rings (SSSR count). The van der Waals surface area contributed by atoms with Gasteiger partial charge in [-0.1, -0.05) is 35.9 Å². The number of carbonyl (C=O) groups is 2. The first kappa shape index (κ1) is 20.7. The van der Waals surface area contributed by atoms with E-state index in [0.29, 0.717) is 17.9 Å². The van der Waals surface area contributed by atoms with Gasteiger partial charge < -0.3 is 9.47 Å². The largest absolute Gasteiger partial charge is 0.450 e. The van der Waals surface area contributed by atoms with Crippen molar-refractivity contribution in [2.45, 2.75) is 69.5 Å². The maximum absolute atomic E-state index is 13.7. The molecule has 0 bridgehead atoms. The molecule has 162 valence electrons. The summed E-state index contributed by atoms with van der Waals surface area (Å²) in [6.07, 6.45) is 4.78. The van der Waals surface area contributed by atoms with Gasteiger partial charge in [-0.15, -0.1) is 0 Å². The number of hydrogen-bond acceptors (Lipinski definition) is 4. The third-order valence-electron chi connectivity index (χ3n) is 7.57. The predicted octanol–water partition coefficient (Wildman–Crippen LogP) is 5.70. The van der Waals surface area contributed by atoms with Crippen LogP contribution in [-0.4, -0.2) is 29.6 Å². The summed E-state index contributed by atoms with van der Waals surface area (Å²) in [6, 6.07) is 11.6. The molecular weight excluding hydrogens is 412 g/mol. The Labute approximate surface area is 187 Å². The van der Waals surface area contributed by atoms with Gasteiger partial charge in [0.1, 0.15) is 5.92 Å². The maximum atomic E-state index is 13.7. The Morgan fingerprint density at radius 1 is 0.935 bits per heavy atom. The minimum atomic E-state index is -0.992. The average molecular weight is 439 g/mol. The van der Waals surface area contributed by atoms with Gasteiger partial charge in [0.05, 0.1) is 5.60 Å². The van der Waals surface area contributed by atoms with Crippen LogP contribution in [0.25, 0.3) is 11.1 Å². The molecule has 2 aromatic rings. The van der Waals surface area contributed by atoms with Gasteiger partial charge in [0.25, 0.3) is 0 Å². The summed E-state index contributed by atoms with van der Waals surface area (Å²) >= 11 is 6.05. The van der Waals surface area contributed by atoms with Crippen molar-refractivity contribution in [3.05, 3.63) is 58.1 Å². The van der Waals surface area contributed by atoms with Crippen LogP contribution in [0.5, 0.6) is 0 Å². The van der Waals surface area contributed by atoms with Crippen molar-refractivity contribution in [3.63, 3.8) is 0 Å². The van der Waals surface area contributed by atoms with Gasteiger partial charge >= 0.3 is 5.97 Å². The number of hydrogen-bond donors (Lipinski definition) is 0. The lowest BCUT2D eigenvalue weighted by molar-refractivity contribution is -0.161. The van der Waals surface area contributed by atoms with E-state index in [1.165, 1.54) is 0 Å². The Balaban J connectivity index is 1.49. The van der Waals surface area contributed by atoms with E-state index >= 15 is 0 Å². The Bertz CT molecular complexity index is 1040. The fraction of sp³-hybridized carbons (Fsp3) is 0.462. The lowest BCUT2D eigenvalue weighted by atomic mass is 9.71. The van der Waals surface area contributed by atoms with Crippen LogP contribution in [0, 0.1) is 13.8 Å². The molecule has 0 amide bonds. The van der Waals surface area contributed by atoms with Gasteiger partial charge in [-0.2, -0.15) is 0 Å². The number of halogens is 1. The minimum absolute atomic E-state index is 0.0789. The number of ketones is 1. The number of rotatable bonds is 2. The van der Waals surface area contributed by atoms with Crippen molar-refractivity contribution in [1.82, 2.24) is 0 Å². The smallest absolute Gasteiger partial charge is 0.322 e. The highest BCUT2D eigenvalue weighted by Crippen LogP contribution is 2.50. The highest BCUT2D eigenvalue weighted by Gasteiger charge is 2.59. The molecule has 3 aliphatic rings. The normalized spacial score (nSPS) is 30.4. The SMILES string of the molecule is Cc1ccc(-c2ccc(Cl)cc2)c(C)c1C1C(=O)OC2(CCC3(CCCO3)CC2)C1=O. The number of benzene rings is 2. The molecule has 2 aliphatic heterocycles. The summed E-state index contributed by atoms with van der Waals surface area (Å²) in [7, 11) is 0. The van der Waals surface area contributed by atoms with Gasteiger partial charge in [0.2, 0.25) is 0 Å². The molecule has 1 aliphatic carbocycles. The van der Waals surface area contributed by atoms with Crippen LogP contribution in [0.4, 0.5) is 0 Å². The van der Waals surface area contributed by atoms with Crippen LogP contribution < -0.4 is 0 Å².